The maximum absolute atomic E-state index is 4.96. The Morgan fingerprint density at radius 1 is 1.38 bits per heavy atom. The molecule has 0 radical (unpaired) electrons. The third-order valence-corrected chi connectivity index (χ3v) is 5.48. The highest BCUT2D eigenvalue weighted by Gasteiger charge is 2.30. The first-order valence-corrected chi connectivity index (χ1v) is 9.15. The van der Waals surface area contributed by atoms with Gasteiger partial charge in [-0.25, -0.2) is 4.98 Å². The Kier molecular flexibility index (Phi) is 4.48. The van der Waals surface area contributed by atoms with Crippen molar-refractivity contribution in [2.75, 3.05) is 0 Å². The van der Waals surface area contributed by atoms with Crippen LogP contribution in [0.15, 0.2) is 22.7 Å². The Morgan fingerprint density at radius 3 is 2.76 bits per heavy atom. The number of hydrogen-bond donors (Lipinski definition) is 1. The van der Waals surface area contributed by atoms with Gasteiger partial charge in [0, 0.05) is 33.4 Å². The van der Waals surface area contributed by atoms with Crippen LogP contribution in [0, 0.1) is 6.92 Å². The number of hydrogen-bond acceptors (Lipinski definition) is 3. The van der Waals surface area contributed by atoms with Crippen molar-refractivity contribution < 1.29 is 0 Å². The lowest BCUT2D eigenvalue weighted by Crippen LogP contribution is -2.21. The number of aromatic nitrogens is 1. The molecule has 1 heterocycles. The summed E-state index contributed by atoms with van der Waals surface area (Å²) in [5.74, 6) is 0.697. The molecule has 1 N–H and O–H groups in total. The highest BCUT2D eigenvalue weighted by Crippen LogP contribution is 2.45. The molecule has 1 fully saturated rings. The van der Waals surface area contributed by atoms with E-state index >= 15 is 0 Å². The van der Waals surface area contributed by atoms with Crippen molar-refractivity contribution in [3.05, 3.63) is 38.8 Å². The summed E-state index contributed by atoms with van der Waals surface area (Å²) in [6, 6.07) is 7.01. The third-order valence-electron chi connectivity index (χ3n) is 3.72. The molecule has 0 amide bonds. The molecule has 112 valence electrons. The summed E-state index contributed by atoms with van der Waals surface area (Å²) in [5.41, 5.74) is 3.81. The van der Waals surface area contributed by atoms with Crippen LogP contribution in [0.1, 0.15) is 48.7 Å². The third kappa shape index (κ3) is 3.55. The highest BCUT2D eigenvalue weighted by molar-refractivity contribution is 9.10. The molecule has 0 aliphatic heterocycles. The van der Waals surface area contributed by atoms with Gasteiger partial charge in [0.1, 0.15) is 5.01 Å². The standard InChI is InChI=1S/C17H21BrN2S/c1-10(2)19-9-15-16(12-5-6-12)20-17(21-15)13-7-4-11(3)8-14(13)18/h4,7-8,10,12,19H,5-6,9H2,1-3H3. The minimum Gasteiger partial charge on any atom is -0.310 e. The van der Waals surface area contributed by atoms with E-state index in [1.54, 1.807) is 0 Å². The first kappa shape index (κ1) is 15.2. The summed E-state index contributed by atoms with van der Waals surface area (Å²) < 4.78 is 1.14. The van der Waals surface area contributed by atoms with Crippen LogP contribution < -0.4 is 5.32 Å². The maximum atomic E-state index is 4.96. The second-order valence-corrected chi connectivity index (χ2v) is 8.06. The van der Waals surface area contributed by atoms with E-state index in [1.165, 1.54) is 34.5 Å². The molecule has 3 rings (SSSR count). The lowest BCUT2D eigenvalue weighted by Gasteiger charge is -2.07. The molecule has 2 nitrogen and oxygen atoms in total. The van der Waals surface area contributed by atoms with Crippen molar-refractivity contribution in [1.29, 1.82) is 0 Å². The second kappa shape index (κ2) is 6.19. The van der Waals surface area contributed by atoms with Crippen LogP contribution in [0.4, 0.5) is 0 Å². The Bertz CT molecular complexity index is 644. The molecule has 1 saturated carbocycles. The Morgan fingerprint density at radius 2 is 2.14 bits per heavy atom. The summed E-state index contributed by atoms with van der Waals surface area (Å²) >= 11 is 5.52. The van der Waals surface area contributed by atoms with E-state index in [4.69, 9.17) is 4.98 Å². The molecule has 1 aromatic heterocycles. The fraction of sp³-hybridized carbons (Fsp3) is 0.471. The molecule has 0 spiro atoms. The van der Waals surface area contributed by atoms with E-state index in [0.717, 1.165) is 16.0 Å². The first-order chi connectivity index (χ1) is 10.0. The number of aryl methyl sites for hydroxylation is 1. The van der Waals surface area contributed by atoms with Crippen molar-refractivity contribution in [2.24, 2.45) is 0 Å². The van der Waals surface area contributed by atoms with Gasteiger partial charge in [0.15, 0.2) is 0 Å². The average Bonchev–Trinajstić information content (AvgIpc) is 3.17. The van der Waals surface area contributed by atoms with E-state index in [1.807, 2.05) is 11.3 Å². The van der Waals surface area contributed by atoms with Gasteiger partial charge < -0.3 is 5.32 Å². The lowest BCUT2D eigenvalue weighted by atomic mass is 10.1. The zero-order valence-electron chi connectivity index (χ0n) is 12.7. The number of thiazole rings is 1. The summed E-state index contributed by atoms with van der Waals surface area (Å²) in [4.78, 5) is 6.37. The zero-order valence-corrected chi connectivity index (χ0v) is 15.1. The molecule has 4 heteroatoms. The van der Waals surface area contributed by atoms with Gasteiger partial charge in [-0.2, -0.15) is 0 Å². The number of nitrogens with zero attached hydrogens (tertiary/aromatic N) is 1. The van der Waals surface area contributed by atoms with Crippen molar-refractivity contribution in [3.63, 3.8) is 0 Å². The molecule has 1 aliphatic rings. The Balaban J connectivity index is 1.93. The largest absolute Gasteiger partial charge is 0.310 e. The fourth-order valence-corrected chi connectivity index (χ4v) is 4.32. The SMILES string of the molecule is Cc1ccc(-c2nc(C3CC3)c(CNC(C)C)s2)c(Br)c1. The van der Waals surface area contributed by atoms with Crippen molar-refractivity contribution >= 4 is 27.3 Å². The van der Waals surface area contributed by atoms with Crippen LogP contribution >= 0.6 is 27.3 Å². The predicted octanol–water partition coefficient (Wildman–Crippen LogP) is 5.26. The summed E-state index contributed by atoms with van der Waals surface area (Å²) in [6.45, 7) is 7.43. The normalized spacial score (nSPS) is 14.9. The molecule has 0 saturated heterocycles. The van der Waals surface area contributed by atoms with Gasteiger partial charge in [0.25, 0.3) is 0 Å². The highest BCUT2D eigenvalue weighted by atomic mass is 79.9. The molecule has 1 aromatic carbocycles. The maximum Gasteiger partial charge on any atom is 0.125 e. The van der Waals surface area contributed by atoms with Crippen molar-refractivity contribution in [1.82, 2.24) is 10.3 Å². The lowest BCUT2D eigenvalue weighted by molar-refractivity contribution is 0.590. The van der Waals surface area contributed by atoms with Crippen molar-refractivity contribution in [3.8, 4) is 10.6 Å². The molecular weight excluding hydrogens is 344 g/mol. The minimum absolute atomic E-state index is 0.508. The Hall–Kier alpha value is -0.710. The van der Waals surface area contributed by atoms with Crippen LogP contribution in [0.25, 0.3) is 10.6 Å². The summed E-state index contributed by atoms with van der Waals surface area (Å²) in [6.07, 6.45) is 2.60. The smallest absolute Gasteiger partial charge is 0.125 e. The predicted molar refractivity (Wildman–Crippen MR) is 93.9 cm³/mol. The first-order valence-electron chi connectivity index (χ1n) is 7.54. The van der Waals surface area contributed by atoms with Gasteiger partial charge in [-0.1, -0.05) is 41.9 Å². The number of rotatable bonds is 5. The molecule has 0 atom stereocenters. The molecule has 2 aromatic rings. The second-order valence-electron chi connectivity index (χ2n) is 6.12. The molecule has 0 bridgehead atoms. The van der Waals surface area contributed by atoms with Gasteiger partial charge in [-0.05, 0) is 31.4 Å². The fourth-order valence-electron chi connectivity index (χ4n) is 2.37. The van der Waals surface area contributed by atoms with Gasteiger partial charge in [0.05, 0.1) is 5.69 Å². The van der Waals surface area contributed by atoms with Gasteiger partial charge in [0.2, 0.25) is 0 Å². The number of benzene rings is 1. The van der Waals surface area contributed by atoms with E-state index in [9.17, 15) is 0 Å². The number of nitrogens with one attached hydrogen (secondary N) is 1. The minimum atomic E-state index is 0.508. The van der Waals surface area contributed by atoms with Crippen LogP contribution in [0.2, 0.25) is 0 Å². The van der Waals surface area contributed by atoms with E-state index in [0.29, 0.717) is 12.0 Å². The summed E-state index contributed by atoms with van der Waals surface area (Å²) in [7, 11) is 0. The zero-order chi connectivity index (χ0) is 15.0. The van der Waals surface area contributed by atoms with E-state index in [2.05, 4.69) is 60.2 Å². The quantitative estimate of drug-likeness (QED) is 0.782. The molecule has 1 aliphatic carbocycles. The monoisotopic (exact) mass is 364 g/mol. The van der Waals surface area contributed by atoms with Crippen molar-refractivity contribution in [2.45, 2.75) is 52.1 Å². The number of halogens is 1. The van der Waals surface area contributed by atoms with Crippen LogP contribution in [-0.2, 0) is 6.54 Å². The van der Waals surface area contributed by atoms with E-state index < -0.39 is 0 Å². The molecule has 0 unspecified atom stereocenters. The van der Waals surface area contributed by atoms with Gasteiger partial charge in [-0.3, -0.25) is 0 Å². The van der Waals surface area contributed by atoms with E-state index in [-0.39, 0.29) is 0 Å². The van der Waals surface area contributed by atoms with Crippen LogP contribution in [-0.4, -0.2) is 11.0 Å². The average molecular weight is 365 g/mol. The van der Waals surface area contributed by atoms with Crippen LogP contribution in [0.3, 0.4) is 0 Å². The molecule has 21 heavy (non-hydrogen) atoms. The Labute approximate surface area is 139 Å². The topological polar surface area (TPSA) is 24.9 Å². The van der Waals surface area contributed by atoms with Crippen LogP contribution in [0.5, 0.6) is 0 Å². The summed E-state index contributed by atoms with van der Waals surface area (Å²) in [5, 5.41) is 4.67. The van der Waals surface area contributed by atoms with Gasteiger partial charge in [-0.15, -0.1) is 11.3 Å². The molecular formula is C17H21BrN2S. The van der Waals surface area contributed by atoms with Gasteiger partial charge >= 0.3 is 0 Å².